The molecule has 0 aliphatic carbocycles. The number of aliphatic hydroxyl groups is 1. The number of rotatable bonds is 3. The van der Waals surface area contributed by atoms with Crippen LogP contribution in [0.4, 0.5) is 13.2 Å². The molecule has 0 amide bonds. The van der Waals surface area contributed by atoms with Crippen LogP contribution in [0.1, 0.15) is 17.0 Å². The summed E-state index contributed by atoms with van der Waals surface area (Å²) in [5, 5.41) is 8.96. The Morgan fingerprint density at radius 2 is 2.00 bits per heavy atom. The maximum absolute atomic E-state index is 12.7. The maximum Gasteiger partial charge on any atom is 0.416 e. The molecule has 0 saturated heterocycles. The number of alkyl halides is 3. The van der Waals surface area contributed by atoms with Gasteiger partial charge in [0.15, 0.2) is 0 Å². The van der Waals surface area contributed by atoms with Crippen molar-refractivity contribution in [3.8, 4) is 0 Å². The van der Waals surface area contributed by atoms with Gasteiger partial charge in [-0.1, -0.05) is 17.7 Å². The SMILES string of the molecule is NCC(CO)c1ccc(Cl)cc1C(F)(F)F. The Labute approximate surface area is 95.8 Å². The van der Waals surface area contributed by atoms with Crippen LogP contribution in [0.2, 0.25) is 5.02 Å². The molecule has 0 spiro atoms. The van der Waals surface area contributed by atoms with Gasteiger partial charge in [0.1, 0.15) is 0 Å². The molecule has 0 fully saturated rings. The first-order valence-corrected chi connectivity index (χ1v) is 4.95. The number of benzene rings is 1. The van der Waals surface area contributed by atoms with Crippen molar-refractivity contribution in [1.82, 2.24) is 0 Å². The Hall–Kier alpha value is -0.780. The van der Waals surface area contributed by atoms with Gasteiger partial charge in [0, 0.05) is 17.5 Å². The fraction of sp³-hybridized carbons (Fsp3) is 0.400. The molecule has 0 saturated carbocycles. The van der Waals surface area contributed by atoms with Crippen LogP contribution in [0.15, 0.2) is 18.2 Å². The summed E-state index contributed by atoms with van der Waals surface area (Å²) in [5.41, 5.74) is 4.44. The largest absolute Gasteiger partial charge is 0.416 e. The van der Waals surface area contributed by atoms with Crippen molar-refractivity contribution in [3.05, 3.63) is 34.3 Å². The molecule has 3 N–H and O–H groups in total. The highest BCUT2D eigenvalue weighted by atomic mass is 35.5. The van der Waals surface area contributed by atoms with Crippen molar-refractivity contribution in [2.75, 3.05) is 13.2 Å². The van der Waals surface area contributed by atoms with E-state index in [4.69, 9.17) is 22.4 Å². The zero-order valence-corrected chi connectivity index (χ0v) is 9.02. The monoisotopic (exact) mass is 253 g/mol. The number of aliphatic hydroxyl groups excluding tert-OH is 1. The molecule has 0 bridgehead atoms. The third kappa shape index (κ3) is 2.87. The Morgan fingerprint density at radius 3 is 2.44 bits per heavy atom. The molecule has 0 heterocycles. The minimum atomic E-state index is -4.50. The minimum Gasteiger partial charge on any atom is -0.396 e. The molecular weight excluding hydrogens is 243 g/mol. The number of hydrogen-bond donors (Lipinski definition) is 2. The van der Waals surface area contributed by atoms with Crippen LogP contribution < -0.4 is 5.73 Å². The number of nitrogens with two attached hydrogens (primary N) is 1. The average molecular weight is 254 g/mol. The fourth-order valence-electron chi connectivity index (χ4n) is 1.43. The molecule has 0 aromatic heterocycles. The summed E-state index contributed by atoms with van der Waals surface area (Å²) in [4.78, 5) is 0. The van der Waals surface area contributed by atoms with Crippen LogP contribution in [0.25, 0.3) is 0 Å². The predicted octanol–water partition coefficient (Wildman–Crippen LogP) is 2.39. The van der Waals surface area contributed by atoms with Crippen LogP contribution in [-0.2, 0) is 6.18 Å². The summed E-state index contributed by atoms with van der Waals surface area (Å²) in [5.74, 6) is -0.728. The average Bonchev–Trinajstić information content (AvgIpc) is 2.20. The lowest BCUT2D eigenvalue weighted by Crippen LogP contribution is -2.20. The molecule has 1 rings (SSSR count). The van der Waals surface area contributed by atoms with Crippen LogP contribution in [0.5, 0.6) is 0 Å². The molecule has 0 aliphatic rings. The lowest BCUT2D eigenvalue weighted by Gasteiger charge is -2.18. The van der Waals surface area contributed by atoms with Gasteiger partial charge >= 0.3 is 6.18 Å². The molecule has 90 valence electrons. The van der Waals surface area contributed by atoms with Crippen molar-refractivity contribution < 1.29 is 18.3 Å². The van der Waals surface area contributed by atoms with E-state index in [1.165, 1.54) is 12.1 Å². The molecule has 1 aromatic carbocycles. The van der Waals surface area contributed by atoms with E-state index < -0.39 is 24.3 Å². The quantitative estimate of drug-likeness (QED) is 0.869. The molecule has 0 radical (unpaired) electrons. The van der Waals surface area contributed by atoms with Gasteiger partial charge in [0.05, 0.1) is 12.2 Å². The van der Waals surface area contributed by atoms with Gasteiger partial charge in [-0.25, -0.2) is 0 Å². The van der Waals surface area contributed by atoms with Crippen LogP contribution >= 0.6 is 11.6 Å². The molecule has 1 unspecified atom stereocenters. The summed E-state index contributed by atoms with van der Waals surface area (Å²) in [7, 11) is 0. The van der Waals surface area contributed by atoms with Crippen LogP contribution in [0, 0.1) is 0 Å². The Kier molecular flexibility index (Phi) is 4.18. The van der Waals surface area contributed by atoms with Gasteiger partial charge in [0.25, 0.3) is 0 Å². The molecule has 16 heavy (non-hydrogen) atoms. The first-order chi connectivity index (χ1) is 7.40. The van der Waals surface area contributed by atoms with Crippen LogP contribution in [0.3, 0.4) is 0 Å². The van der Waals surface area contributed by atoms with Gasteiger partial charge in [-0.3, -0.25) is 0 Å². The molecule has 1 aromatic rings. The Balaban J connectivity index is 3.27. The van der Waals surface area contributed by atoms with Crippen molar-refractivity contribution in [2.24, 2.45) is 5.73 Å². The van der Waals surface area contributed by atoms with Gasteiger partial charge < -0.3 is 10.8 Å². The summed E-state index contributed by atoms with van der Waals surface area (Å²) in [6, 6.07) is 3.44. The first-order valence-electron chi connectivity index (χ1n) is 4.57. The summed E-state index contributed by atoms with van der Waals surface area (Å²) in [6.07, 6.45) is -4.50. The molecule has 0 aliphatic heterocycles. The normalized spacial score (nSPS) is 13.9. The van der Waals surface area contributed by atoms with E-state index in [1.54, 1.807) is 0 Å². The highest BCUT2D eigenvalue weighted by molar-refractivity contribution is 6.30. The summed E-state index contributed by atoms with van der Waals surface area (Å²) >= 11 is 5.52. The van der Waals surface area contributed by atoms with E-state index in [0.717, 1.165) is 6.07 Å². The van der Waals surface area contributed by atoms with Crippen molar-refractivity contribution in [1.29, 1.82) is 0 Å². The topological polar surface area (TPSA) is 46.2 Å². The van der Waals surface area contributed by atoms with Gasteiger partial charge in [-0.15, -0.1) is 0 Å². The molecule has 2 nitrogen and oxygen atoms in total. The number of halogens is 4. The van der Waals surface area contributed by atoms with E-state index >= 15 is 0 Å². The highest BCUT2D eigenvalue weighted by Gasteiger charge is 2.35. The predicted molar refractivity (Wildman–Crippen MR) is 55.3 cm³/mol. The van der Waals surface area contributed by atoms with Crippen molar-refractivity contribution >= 4 is 11.6 Å². The number of hydrogen-bond acceptors (Lipinski definition) is 2. The third-order valence-electron chi connectivity index (χ3n) is 2.27. The smallest absolute Gasteiger partial charge is 0.396 e. The van der Waals surface area contributed by atoms with E-state index in [2.05, 4.69) is 0 Å². The van der Waals surface area contributed by atoms with Crippen molar-refractivity contribution in [3.63, 3.8) is 0 Å². The second-order valence-electron chi connectivity index (χ2n) is 3.34. The molecule has 1 atom stereocenters. The van der Waals surface area contributed by atoms with E-state index in [-0.39, 0.29) is 17.1 Å². The lowest BCUT2D eigenvalue weighted by molar-refractivity contribution is -0.138. The van der Waals surface area contributed by atoms with E-state index in [1.807, 2.05) is 0 Å². The third-order valence-corrected chi connectivity index (χ3v) is 2.50. The van der Waals surface area contributed by atoms with Gasteiger partial charge in [-0.2, -0.15) is 13.2 Å². The van der Waals surface area contributed by atoms with Crippen molar-refractivity contribution in [2.45, 2.75) is 12.1 Å². The van der Waals surface area contributed by atoms with E-state index in [9.17, 15) is 13.2 Å². The maximum atomic E-state index is 12.7. The molecular formula is C10H11ClF3NO. The highest BCUT2D eigenvalue weighted by Crippen LogP contribution is 2.36. The van der Waals surface area contributed by atoms with Crippen LogP contribution in [-0.4, -0.2) is 18.3 Å². The van der Waals surface area contributed by atoms with Gasteiger partial charge in [0.2, 0.25) is 0 Å². The lowest BCUT2D eigenvalue weighted by atomic mass is 9.94. The second kappa shape index (κ2) is 5.03. The Morgan fingerprint density at radius 1 is 1.38 bits per heavy atom. The second-order valence-corrected chi connectivity index (χ2v) is 3.78. The standard InChI is InChI=1S/C10H11ClF3NO/c11-7-1-2-8(6(4-15)5-16)9(3-7)10(12,13)14/h1-3,6,16H,4-5,15H2. The Bertz CT molecular complexity index is 364. The minimum absolute atomic E-state index is 0.00443. The zero-order valence-electron chi connectivity index (χ0n) is 8.26. The first kappa shape index (κ1) is 13.3. The van der Waals surface area contributed by atoms with Gasteiger partial charge in [-0.05, 0) is 17.7 Å². The zero-order chi connectivity index (χ0) is 12.3. The van der Waals surface area contributed by atoms with E-state index in [0.29, 0.717) is 0 Å². The summed E-state index contributed by atoms with van der Waals surface area (Å²) in [6.45, 7) is -0.484. The fourth-order valence-corrected chi connectivity index (χ4v) is 1.60. The molecule has 6 heteroatoms. The summed E-state index contributed by atoms with van der Waals surface area (Å²) < 4.78 is 38.0.